The van der Waals surface area contributed by atoms with E-state index in [1.807, 2.05) is 6.92 Å². The summed E-state index contributed by atoms with van der Waals surface area (Å²) in [5.41, 5.74) is 0.736. The molecule has 0 radical (unpaired) electrons. The van der Waals surface area contributed by atoms with Gasteiger partial charge in [-0.15, -0.1) is 0 Å². The minimum Gasteiger partial charge on any atom is -0.393 e. The van der Waals surface area contributed by atoms with Crippen molar-refractivity contribution in [3.63, 3.8) is 0 Å². The number of rotatable bonds is 5. The normalized spacial score (nSPS) is 22.2. The molecular formula is C16H23N3O4. The monoisotopic (exact) mass is 321 g/mol. The van der Waals surface area contributed by atoms with Crippen molar-refractivity contribution >= 4 is 11.7 Å². The van der Waals surface area contributed by atoms with Gasteiger partial charge in [0.15, 0.2) is 0 Å². The zero-order valence-electron chi connectivity index (χ0n) is 13.2. The summed E-state index contributed by atoms with van der Waals surface area (Å²) in [4.78, 5) is 22.6. The lowest BCUT2D eigenvalue weighted by Gasteiger charge is -2.27. The van der Waals surface area contributed by atoms with E-state index in [-0.39, 0.29) is 29.9 Å². The molecule has 126 valence electrons. The molecule has 0 aromatic heterocycles. The molecule has 1 unspecified atom stereocenters. The minimum atomic E-state index is -0.441. The van der Waals surface area contributed by atoms with Gasteiger partial charge in [-0.2, -0.15) is 0 Å². The smallest absolute Gasteiger partial charge is 0.315 e. The third-order valence-corrected chi connectivity index (χ3v) is 4.23. The van der Waals surface area contributed by atoms with E-state index in [1.54, 1.807) is 12.1 Å². The van der Waals surface area contributed by atoms with E-state index in [2.05, 4.69) is 10.6 Å². The van der Waals surface area contributed by atoms with Crippen LogP contribution < -0.4 is 10.6 Å². The number of aliphatic hydroxyl groups excluding tert-OH is 1. The number of nitrogens with zero attached hydrogens (tertiary/aromatic N) is 1. The lowest BCUT2D eigenvalue weighted by molar-refractivity contribution is -0.384. The number of hydrogen-bond donors (Lipinski definition) is 3. The largest absolute Gasteiger partial charge is 0.393 e. The van der Waals surface area contributed by atoms with Crippen LogP contribution in [0, 0.1) is 10.1 Å². The molecule has 1 atom stereocenters. The molecule has 23 heavy (non-hydrogen) atoms. The summed E-state index contributed by atoms with van der Waals surface area (Å²) in [6.07, 6.45) is 3.31. The van der Waals surface area contributed by atoms with Crippen molar-refractivity contribution in [1.29, 1.82) is 0 Å². The Hall–Kier alpha value is -2.15. The zero-order chi connectivity index (χ0) is 16.8. The number of benzene rings is 1. The van der Waals surface area contributed by atoms with Crippen molar-refractivity contribution in [3.8, 4) is 0 Å². The van der Waals surface area contributed by atoms with Gasteiger partial charge in [0.05, 0.1) is 17.1 Å². The Morgan fingerprint density at radius 1 is 1.39 bits per heavy atom. The topological polar surface area (TPSA) is 104 Å². The van der Waals surface area contributed by atoms with E-state index < -0.39 is 4.92 Å². The number of urea groups is 1. The van der Waals surface area contributed by atoms with Gasteiger partial charge in [0.25, 0.3) is 5.69 Å². The van der Waals surface area contributed by atoms with Crippen molar-refractivity contribution in [2.45, 2.75) is 57.2 Å². The molecule has 2 amide bonds. The van der Waals surface area contributed by atoms with Gasteiger partial charge in [-0.25, -0.2) is 4.79 Å². The Labute approximate surface area is 135 Å². The maximum absolute atomic E-state index is 12.1. The van der Waals surface area contributed by atoms with Crippen molar-refractivity contribution in [3.05, 3.63) is 39.9 Å². The molecule has 1 aromatic carbocycles. The van der Waals surface area contributed by atoms with Gasteiger partial charge < -0.3 is 15.7 Å². The SMILES string of the molecule is CCC(NC(=O)NC1CCC(O)CC1)c1cccc([N+](=O)[O-])c1. The number of carbonyl (C=O) groups is 1. The molecule has 2 rings (SSSR count). The van der Waals surface area contributed by atoms with Crippen molar-refractivity contribution in [2.75, 3.05) is 0 Å². The highest BCUT2D eigenvalue weighted by atomic mass is 16.6. The summed E-state index contributed by atoms with van der Waals surface area (Å²) in [6, 6.07) is 5.85. The van der Waals surface area contributed by atoms with Crippen LogP contribution in [0.3, 0.4) is 0 Å². The number of nitro benzene ring substituents is 1. The molecule has 1 aliphatic carbocycles. The van der Waals surface area contributed by atoms with E-state index in [1.165, 1.54) is 12.1 Å². The number of non-ortho nitro benzene ring substituents is 1. The number of hydrogen-bond acceptors (Lipinski definition) is 4. The zero-order valence-corrected chi connectivity index (χ0v) is 13.2. The maximum Gasteiger partial charge on any atom is 0.315 e. The minimum absolute atomic E-state index is 0.0180. The third-order valence-electron chi connectivity index (χ3n) is 4.23. The molecule has 0 spiro atoms. The van der Waals surface area contributed by atoms with Crippen LogP contribution in [0.15, 0.2) is 24.3 Å². The summed E-state index contributed by atoms with van der Waals surface area (Å²) in [5.74, 6) is 0. The maximum atomic E-state index is 12.1. The second-order valence-electron chi connectivity index (χ2n) is 5.94. The molecule has 1 saturated carbocycles. The highest BCUT2D eigenvalue weighted by Crippen LogP contribution is 2.22. The summed E-state index contributed by atoms with van der Waals surface area (Å²) in [7, 11) is 0. The molecule has 1 aliphatic rings. The second kappa shape index (κ2) is 7.92. The summed E-state index contributed by atoms with van der Waals surface area (Å²) in [5, 5.41) is 26.1. The number of carbonyl (C=O) groups excluding carboxylic acids is 1. The van der Waals surface area contributed by atoms with Crippen LogP contribution in [-0.4, -0.2) is 28.2 Å². The molecule has 0 bridgehead atoms. The average Bonchev–Trinajstić information content (AvgIpc) is 2.55. The highest BCUT2D eigenvalue weighted by molar-refractivity contribution is 5.74. The van der Waals surface area contributed by atoms with Crippen molar-refractivity contribution in [2.24, 2.45) is 0 Å². The fourth-order valence-corrected chi connectivity index (χ4v) is 2.88. The Bertz CT molecular complexity index is 556. The Balaban J connectivity index is 1.94. The summed E-state index contributed by atoms with van der Waals surface area (Å²) >= 11 is 0. The molecule has 7 heteroatoms. The molecular weight excluding hydrogens is 298 g/mol. The van der Waals surface area contributed by atoms with Gasteiger partial charge in [-0.3, -0.25) is 10.1 Å². The van der Waals surface area contributed by atoms with Gasteiger partial charge in [-0.05, 0) is 37.7 Å². The number of amides is 2. The Morgan fingerprint density at radius 2 is 2.09 bits per heavy atom. The molecule has 0 aliphatic heterocycles. The van der Waals surface area contributed by atoms with Gasteiger partial charge in [0.1, 0.15) is 0 Å². The van der Waals surface area contributed by atoms with Crippen molar-refractivity contribution in [1.82, 2.24) is 10.6 Å². The fourth-order valence-electron chi connectivity index (χ4n) is 2.88. The Kier molecular flexibility index (Phi) is 5.92. The molecule has 0 saturated heterocycles. The predicted octanol–water partition coefficient (Wildman–Crippen LogP) is 2.65. The first-order chi connectivity index (χ1) is 11.0. The summed E-state index contributed by atoms with van der Waals surface area (Å²) < 4.78 is 0. The Morgan fingerprint density at radius 3 is 2.70 bits per heavy atom. The van der Waals surface area contributed by atoms with E-state index in [9.17, 15) is 20.0 Å². The average molecular weight is 321 g/mol. The first kappa shape index (κ1) is 17.2. The molecule has 0 heterocycles. The van der Waals surface area contributed by atoms with E-state index in [0.717, 1.165) is 18.4 Å². The van der Waals surface area contributed by atoms with E-state index in [4.69, 9.17) is 0 Å². The van der Waals surface area contributed by atoms with Crippen LogP contribution in [0.25, 0.3) is 0 Å². The molecule has 1 aromatic rings. The molecule has 7 nitrogen and oxygen atoms in total. The lowest BCUT2D eigenvalue weighted by Crippen LogP contribution is -2.45. The quantitative estimate of drug-likeness (QED) is 0.572. The van der Waals surface area contributed by atoms with Crippen LogP contribution in [0.5, 0.6) is 0 Å². The van der Waals surface area contributed by atoms with Gasteiger partial charge >= 0.3 is 6.03 Å². The predicted molar refractivity (Wildman–Crippen MR) is 86.1 cm³/mol. The summed E-state index contributed by atoms with van der Waals surface area (Å²) in [6.45, 7) is 1.92. The van der Waals surface area contributed by atoms with Crippen LogP contribution >= 0.6 is 0 Å². The van der Waals surface area contributed by atoms with Crippen LogP contribution in [0.1, 0.15) is 50.6 Å². The number of nitro groups is 1. The van der Waals surface area contributed by atoms with Crippen LogP contribution in [0.2, 0.25) is 0 Å². The highest BCUT2D eigenvalue weighted by Gasteiger charge is 2.22. The first-order valence-corrected chi connectivity index (χ1v) is 7.99. The number of aliphatic hydroxyl groups is 1. The van der Waals surface area contributed by atoms with Crippen LogP contribution in [0.4, 0.5) is 10.5 Å². The lowest BCUT2D eigenvalue weighted by atomic mass is 9.93. The third kappa shape index (κ3) is 4.92. The van der Waals surface area contributed by atoms with Crippen LogP contribution in [-0.2, 0) is 0 Å². The first-order valence-electron chi connectivity index (χ1n) is 7.99. The number of nitrogens with one attached hydrogen (secondary N) is 2. The fraction of sp³-hybridized carbons (Fsp3) is 0.562. The molecule has 1 fully saturated rings. The van der Waals surface area contributed by atoms with E-state index in [0.29, 0.717) is 19.3 Å². The van der Waals surface area contributed by atoms with Crippen molar-refractivity contribution < 1.29 is 14.8 Å². The standard InChI is InChI=1S/C16H23N3O4/c1-2-15(11-4-3-5-13(10-11)19(22)23)18-16(21)17-12-6-8-14(20)9-7-12/h3-5,10,12,14-15,20H,2,6-9H2,1H3,(H2,17,18,21). The molecule has 3 N–H and O–H groups in total. The van der Waals surface area contributed by atoms with Gasteiger partial charge in [0.2, 0.25) is 0 Å². The van der Waals surface area contributed by atoms with Gasteiger partial charge in [-0.1, -0.05) is 19.1 Å². The van der Waals surface area contributed by atoms with Gasteiger partial charge in [0, 0.05) is 18.2 Å². The van der Waals surface area contributed by atoms with E-state index >= 15 is 0 Å². The second-order valence-corrected chi connectivity index (χ2v) is 5.94.